The molecule has 1 atom stereocenters. The number of sulfonamides is 1. The molecule has 3 aliphatic heterocycles. The minimum absolute atomic E-state index is 0.0905. The molecule has 10 heteroatoms. The highest BCUT2D eigenvalue weighted by molar-refractivity contribution is 7.89. The van der Waals surface area contributed by atoms with E-state index in [4.69, 9.17) is 25.8 Å². The molecule has 1 spiro atoms. The van der Waals surface area contributed by atoms with Crippen LogP contribution in [0.4, 0.5) is 0 Å². The zero-order valence-electron chi connectivity index (χ0n) is 16.0. The number of morpholine rings is 1. The van der Waals surface area contributed by atoms with E-state index in [1.165, 1.54) is 23.7 Å². The van der Waals surface area contributed by atoms with Crippen LogP contribution in [0.2, 0.25) is 5.02 Å². The molecule has 3 fully saturated rings. The SMILES string of the molecule is COc1ncc(S(=O)(=O)N2CCC3(CC2)CC(N2CCOCC2)CO3)cc1Cl. The third kappa shape index (κ3) is 3.88. The lowest BCUT2D eigenvalue weighted by Crippen LogP contribution is -2.48. The fourth-order valence-electron chi connectivity index (χ4n) is 4.33. The summed E-state index contributed by atoms with van der Waals surface area (Å²) in [5.74, 6) is 0.215. The van der Waals surface area contributed by atoms with E-state index < -0.39 is 10.0 Å². The fraction of sp³-hybridized carbons (Fsp3) is 0.722. The van der Waals surface area contributed by atoms with Gasteiger partial charge in [-0.2, -0.15) is 4.31 Å². The summed E-state index contributed by atoms with van der Waals surface area (Å²) in [4.78, 5) is 6.52. The van der Waals surface area contributed by atoms with Crippen LogP contribution in [0.3, 0.4) is 0 Å². The van der Waals surface area contributed by atoms with Crippen LogP contribution >= 0.6 is 11.6 Å². The maximum Gasteiger partial charge on any atom is 0.244 e. The molecule has 1 aromatic rings. The van der Waals surface area contributed by atoms with Crippen molar-refractivity contribution in [3.63, 3.8) is 0 Å². The van der Waals surface area contributed by atoms with Crippen molar-refractivity contribution in [1.29, 1.82) is 0 Å². The number of piperidine rings is 1. The van der Waals surface area contributed by atoms with Crippen molar-refractivity contribution in [3.05, 3.63) is 17.3 Å². The molecule has 4 rings (SSSR count). The molecular formula is C18H26ClN3O5S. The number of rotatable bonds is 4. The molecule has 0 amide bonds. The first-order chi connectivity index (χ1) is 13.4. The second-order valence-corrected chi connectivity index (χ2v) is 9.91. The van der Waals surface area contributed by atoms with E-state index in [-0.39, 0.29) is 21.4 Å². The number of ether oxygens (including phenoxy) is 3. The quantitative estimate of drug-likeness (QED) is 0.712. The summed E-state index contributed by atoms with van der Waals surface area (Å²) in [5, 5.41) is 0.185. The standard InChI is InChI=1S/C18H26ClN3O5S/c1-25-17-16(19)10-15(12-20-17)28(23,24)22-4-2-18(3-5-22)11-14(13-27-18)21-6-8-26-9-7-21/h10,12,14H,2-9,11,13H2,1H3. The topological polar surface area (TPSA) is 81.2 Å². The van der Waals surface area contributed by atoms with Gasteiger partial charge in [0.25, 0.3) is 0 Å². The van der Waals surface area contributed by atoms with Crippen molar-refractivity contribution >= 4 is 21.6 Å². The molecule has 0 bridgehead atoms. The van der Waals surface area contributed by atoms with E-state index in [0.717, 1.165) is 32.7 Å². The zero-order valence-corrected chi connectivity index (χ0v) is 17.5. The molecule has 0 N–H and O–H groups in total. The normalized spacial score (nSPS) is 26.6. The Bertz CT molecular complexity index is 807. The van der Waals surface area contributed by atoms with Gasteiger partial charge in [-0.15, -0.1) is 0 Å². The van der Waals surface area contributed by atoms with Gasteiger partial charge < -0.3 is 14.2 Å². The van der Waals surface area contributed by atoms with Gasteiger partial charge in [-0.25, -0.2) is 13.4 Å². The Labute approximate surface area is 170 Å². The Morgan fingerprint density at radius 2 is 1.96 bits per heavy atom. The van der Waals surface area contributed by atoms with Gasteiger partial charge in [0.05, 0.1) is 38.7 Å². The molecule has 0 saturated carbocycles. The maximum absolute atomic E-state index is 13.0. The Morgan fingerprint density at radius 1 is 1.25 bits per heavy atom. The zero-order chi connectivity index (χ0) is 19.8. The predicted molar refractivity (Wildman–Crippen MR) is 103 cm³/mol. The van der Waals surface area contributed by atoms with Crippen molar-refractivity contribution in [1.82, 2.24) is 14.2 Å². The molecule has 156 valence electrons. The second-order valence-electron chi connectivity index (χ2n) is 7.57. The summed E-state index contributed by atoms with van der Waals surface area (Å²) in [5.41, 5.74) is -0.217. The number of aromatic nitrogens is 1. The Hall–Kier alpha value is -0.970. The van der Waals surface area contributed by atoms with E-state index in [1.54, 1.807) is 0 Å². The van der Waals surface area contributed by atoms with Gasteiger partial charge >= 0.3 is 0 Å². The van der Waals surface area contributed by atoms with Gasteiger partial charge in [0.15, 0.2) is 0 Å². The van der Waals surface area contributed by atoms with Gasteiger partial charge in [0, 0.05) is 32.2 Å². The summed E-state index contributed by atoms with van der Waals surface area (Å²) < 4.78 is 44.1. The van der Waals surface area contributed by atoms with Crippen molar-refractivity contribution in [2.75, 3.05) is 53.1 Å². The Kier molecular flexibility index (Phi) is 5.83. The van der Waals surface area contributed by atoms with E-state index in [0.29, 0.717) is 38.6 Å². The van der Waals surface area contributed by atoms with Crippen LogP contribution in [0.15, 0.2) is 17.2 Å². The number of nitrogens with zero attached hydrogens (tertiary/aromatic N) is 3. The first-order valence-corrected chi connectivity index (χ1v) is 11.4. The van der Waals surface area contributed by atoms with E-state index in [9.17, 15) is 8.42 Å². The minimum atomic E-state index is -3.64. The van der Waals surface area contributed by atoms with Gasteiger partial charge in [0.2, 0.25) is 15.9 Å². The summed E-state index contributed by atoms with van der Waals surface area (Å²) in [7, 11) is -2.20. The highest BCUT2D eigenvalue weighted by Gasteiger charge is 2.46. The number of methoxy groups -OCH3 is 1. The largest absolute Gasteiger partial charge is 0.480 e. The minimum Gasteiger partial charge on any atom is -0.480 e. The van der Waals surface area contributed by atoms with Crippen LogP contribution in [-0.4, -0.2) is 87.4 Å². The van der Waals surface area contributed by atoms with Crippen molar-refractivity contribution in [3.8, 4) is 5.88 Å². The highest BCUT2D eigenvalue weighted by Crippen LogP contribution is 2.39. The van der Waals surface area contributed by atoms with Gasteiger partial charge in [-0.1, -0.05) is 11.6 Å². The van der Waals surface area contributed by atoms with Crippen LogP contribution < -0.4 is 4.74 Å². The maximum atomic E-state index is 13.0. The van der Waals surface area contributed by atoms with E-state index in [2.05, 4.69) is 9.88 Å². The van der Waals surface area contributed by atoms with E-state index in [1.807, 2.05) is 0 Å². The summed E-state index contributed by atoms with van der Waals surface area (Å²) >= 11 is 6.06. The molecule has 0 aromatic carbocycles. The van der Waals surface area contributed by atoms with Crippen molar-refractivity contribution < 1.29 is 22.6 Å². The van der Waals surface area contributed by atoms with Crippen LogP contribution in [0, 0.1) is 0 Å². The molecule has 3 saturated heterocycles. The third-order valence-corrected chi connectivity index (χ3v) is 8.13. The lowest BCUT2D eigenvalue weighted by Gasteiger charge is -2.38. The monoisotopic (exact) mass is 431 g/mol. The molecule has 3 aliphatic rings. The first kappa shape index (κ1) is 20.3. The lowest BCUT2D eigenvalue weighted by molar-refractivity contribution is -0.0328. The van der Waals surface area contributed by atoms with Crippen molar-refractivity contribution in [2.45, 2.75) is 35.8 Å². The predicted octanol–water partition coefficient (Wildman–Crippen LogP) is 1.39. The molecule has 0 radical (unpaired) electrons. The summed E-state index contributed by atoms with van der Waals surface area (Å²) in [6.07, 6.45) is 3.65. The number of hydrogen-bond acceptors (Lipinski definition) is 7. The van der Waals surface area contributed by atoms with Crippen LogP contribution in [0.5, 0.6) is 5.88 Å². The highest BCUT2D eigenvalue weighted by atomic mass is 35.5. The third-order valence-electron chi connectivity index (χ3n) is 6.00. The van der Waals surface area contributed by atoms with Crippen LogP contribution in [0.25, 0.3) is 0 Å². The Balaban J connectivity index is 1.40. The van der Waals surface area contributed by atoms with Gasteiger partial charge in [-0.05, 0) is 25.3 Å². The Morgan fingerprint density at radius 3 is 2.61 bits per heavy atom. The lowest BCUT2D eigenvalue weighted by atomic mass is 9.88. The van der Waals surface area contributed by atoms with Gasteiger partial charge in [0.1, 0.15) is 9.92 Å². The molecule has 0 aliphatic carbocycles. The second kappa shape index (κ2) is 8.04. The summed E-state index contributed by atoms with van der Waals surface area (Å²) in [6, 6.07) is 1.80. The van der Waals surface area contributed by atoms with Crippen LogP contribution in [0.1, 0.15) is 19.3 Å². The molecule has 1 unspecified atom stereocenters. The average Bonchev–Trinajstić information content (AvgIpc) is 3.12. The van der Waals surface area contributed by atoms with Crippen LogP contribution in [-0.2, 0) is 19.5 Å². The smallest absolute Gasteiger partial charge is 0.244 e. The first-order valence-electron chi connectivity index (χ1n) is 9.59. The fourth-order valence-corrected chi connectivity index (χ4v) is 6.05. The number of halogens is 1. The van der Waals surface area contributed by atoms with E-state index >= 15 is 0 Å². The summed E-state index contributed by atoms with van der Waals surface area (Å²) in [6.45, 7) is 5.00. The molecule has 28 heavy (non-hydrogen) atoms. The average molecular weight is 432 g/mol. The molecule has 1 aromatic heterocycles. The molecular weight excluding hydrogens is 406 g/mol. The molecule has 4 heterocycles. The number of hydrogen-bond donors (Lipinski definition) is 0. The molecule has 8 nitrogen and oxygen atoms in total. The van der Waals surface area contributed by atoms with Gasteiger partial charge in [-0.3, -0.25) is 4.90 Å². The van der Waals surface area contributed by atoms with Crippen molar-refractivity contribution in [2.24, 2.45) is 0 Å². The number of pyridine rings is 1.